The van der Waals surface area contributed by atoms with E-state index in [1.807, 2.05) is 66.8 Å². The summed E-state index contributed by atoms with van der Waals surface area (Å²) in [6, 6.07) is 7.92. The molecule has 1 unspecified atom stereocenters. The minimum Gasteiger partial charge on any atom is -0.376 e. The van der Waals surface area contributed by atoms with E-state index in [9.17, 15) is 5.11 Å². The Hall–Kier alpha value is -1.61. The highest BCUT2D eigenvalue weighted by Crippen LogP contribution is 2.21. The largest absolute Gasteiger partial charge is 0.376 e. The van der Waals surface area contributed by atoms with Gasteiger partial charge >= 0.3 is 0 Å². The van der Waals surface area contributed by atoms with E-state index in [1.165, 1.54) is 0 Å². The number of imidazole rings is 1. The molecule has 0 amide bonds. The first kappa shape index (κ1) is 10.9. The lowest BCUT2D eigenvalue weighted by atomic mass is 10.0. The molecule has 0 radical (unpaired) electrons. The second-order valence-corrected chi connectivity index (χ2v) is 4.14. The highest BCUT2D eigenvalue weighted by molar-refractivity contribution is 5.30. The summed E-state index contributed by atoms with van der Waals surface area (Å²) in [6.07, 6.45) is 3.30. The van der Waals surface area contributed by atoms with E-state index in [-0.39, 0.29) is 0 Å². The normalized spacial score (nSPS) is 12.8. The van der Waals surface area contributed by atoms with Crippen LogP contribution < -0.4 is 4.57 Å². The van der Waals surface area contributed by atoms with Gasteiger partial charge in [0.1, 0.15) is 12.4 Å². The molecule has 84 valence electrons. The Labute approximate surface area is 95.6 Å². The molecule has 0 saturated heterocycles. The molecule has 0 spiro atoms. The molecule has 1 aromatic heterocycles. The summed E-state index contributed by atoms with van der Waals surface area (Å²) in [5.74, 6) is 0.884. The predicted octanol–water partition coefficient (Wildman–Crippen LogP) is 1.24. The average Bonchev–Trinajstić information content (AvgIpc) is 2.58. The second-order valence-electron chi connectivity index (χ2n) is 4.14. The topological polar surface area (TPSA) is 29.0 Å². The van der Waals surface area contributed by atoms with Crippen molar-refractivity contribution in [3.63, 3.8) is 0 Å². The van der Waals surface area contributed by atoms with Crippen LogP contribution in [0.25, 0.3) is 0 Å². The van der Waals surface area contributed by atoms with Gasteiger partial charge in [0.05, 0.1) is 14.1 Å². The zero-order chi connectivity index (χ0) is 11.7. The summed E-state index contributed by atoms with van der Waals surface area (Å²) >= 11 is 0. The first-order valence-electron chi connectivity index (χ1n) is 5.35. The summed E-state index contributed by atoms with van der Waals surface area (Å²) in [5, 5.41) is 10.4. The first-order valence-corrected chi connectivity index (χ1v) is 5.35. The van der Waals surface area contributed by atoms with Gasteiger partial charge < -0.3 is 5.11 Å². The van der Waals surface area contributed by atoms with Crippen LogP contribution in [0.2, 0.25) is 0 Å². The molecule has 1 heterocycles. The van der Waals surface area contributed by atoms with Gasteiger partial charge in [-0.25, -0.2) is 9.13 Å². The molecule has 0 bridgehead atoms. The standard InChI is InChI=1S/C13H17N2O/c1-10-6-4-5-7-11(10)12(16)13-14(2)8-9-15(13)3/h4-9,12,16H,1-3H3/q+1. The minimum absolute atomic E-state index is 0.578. The average molecular weight is 217 g/mol. The van der Waals surface area contributed by atoms with Crippen molar-refractivity contribution in [1.29, 1.82) is 0 Å². The molecule has 1 aromatic carbocycles. The Bertz CT molecular complexity index is 483. The van der Waals surface area contributed by atoms with Gasteiger partial charge in [0.2, 0.25) is 0 Å². The number of benzene rings is 1. The van der Waals surface area contributed by atoms with Crippen LogP contribution >= 0.6 is 0 Å². The van der Waals surface area contributed by atoms with Gasteiger partial charge in [0.15, 0.2) is 6.10 Å². The zero-order valence-corrected chi connectivity index (χ0v) is 9.88. The fourth-order valence-corrected chi connectivity index (χ4v) is 2.02. The van der Waals surface area contributed by atoms with Crippen molar-refractivity contribution in [3.05, 3.63) is 53.6 Å². The molecule has 0 saturated carbocycles. The number of hydrogen-bond acceptors (Lipinski definition) is 1. The van der Waals surface area contributed by atoms with Crippen LogP contribution in [-0.2, 0) is 14.1 Å². The summed E-state index contributed by atoms with van der Waals surface area (Å²) < 4.78 is 3.88. The van der Waals surface area contributed by atoms with E-state index in [2.05, 4.69) is 0 Å². The Morgan fingerprint density at radius 3 is 2.56 bits per heavy atom. The maximum atomic E-state index is 10.4. The molecular weight excluding hydrogens is 200 g/mol. The van der Waals surface area contributed by atoms with Crippen LogP contribution in [0.15, 0.2) is 36.7 Å². The molecule has 0 aliphatic rings. The number of hydrogen-bond donors (Lipinski definition) is 1. The smallest absolute Gasteiger partial charge is 0.290 e. The number of rotatable bonds is 2. The number of aliphatic hydroxyl groups is 1. The van der Waals surface area contributed by atoms with Crippen molar-refractivity contribution in [2.45, 2.75) is 13.0 Å². The van der Waals surface area contributed by atoms with Crippen molar-refractivity contribution >= 4 is 0 Å². The minimum atomic E-state index is -0.578. The van der Waals surface area contributed by atoms with Gasteiger partial charge in [-0.05, 0) is 18.1 Å². The molecule has 16 heavy (non-hydrogen) atoms. The van der Waals surface area contributed by atoms with Gasteiger partial charge in [-0.2, -0.15) is 0 Å². The number of aliphatic hydroxyl groups excluding tert-OH is 1. The van der Waals surface area contributed by atoms with Crippen molar-refractivity contribution in [2.75, 3.05) is 0 Å². The summed E-state index contributed by atoms with van der Waals surface area (Å²) in [6.45, 7) is 2.02. The molecule has 0 aliphatic carbocycles. The van der Waals surface area contributed by atoms with E-state index in [4.69, 9.17) is 0 Å². The number of aromatic nitrogens is 2. The Kier molecular flexibility index (Phi) is 2.79. The fourth-order valence-electron chi connectivity index (χ4n) is 2.02. The van der Waals surface area contributed by atoms with E-state index in [1.54, 1.807) is 0 Å². The Morgan fingerprint density at radius 2 is 2.00 bits per heavy atom. The quantitative estimate of drug-likeness (QED) is 0.753. The maximum absolute atomic E-state index is 10.4. The summed E-state index contributed by atoms with van der Waals surface area (Å²) in [4.78, 5) is 0. The predicted molar refractivity (Wildman–Crippen MR) is 61.8 cm³/mol. The molecular formula is C13H17N2O+. The molecule has 3 nitrogen and oxygen atoms in total. The molecule has 2 aromatic rings. The third-order valence-electron chi connectivity index (χ3n) is 2.96. The second kappa shape index (κ2) is 4.10. The lowest BCUT2D eigenvalue weighted by Gasteiger charge is -2.11. The van der Waals surface area contributed by atoms with Crippen LogP contribution in [-0.4, -0.2) is 9.67 Å². The highest BCUT2D eigenvalue weighted by Gasteiger charge is 2.24. The van der Waals surface area contributed by atoms with Crippen molar-refractivity contribution in [1.82, 2.24) is 4.57 Å². The number of aryl methyl sites for hydroxylation is 3. The molecule has 1 N–H and O–H groups in total. The third-order valence-corrected chi connectivity index (χ3v) is 2.96. The summed E-state index contributed by atoms with van der Waals surface area (Å²) in [5.41, 5.74) is 2.07. The van der Waals surface area contributed by atoms with Gasteiger partial charge in [-0.15, -0.1) is 0 Å². The Morgan fingerprint density at radius 1 is 1.31 bits per heavy atom. The van der Waals surface area contributed by atoms with Gasteiger partial charge in [0, 0.05) is 0 Å². The molecule has 0 aliphatic heterocycles. The third kappa shape index (κ3) is 1.74. The molecule has 2 rings (SSSR count). The number of nitrogens with zero attached hydrogens (tertiary/aromatic N) is 2. The van der Waals surface area contributed by atoms with Crippen LogP contribution in [0.3, 0.4) is 0 Å². The van der Waals surface area contributed by atoms with Crippen LogP contribution in [0.1, 0.15) is 23.1 Å². The highest BCUT2D eigenvalue weighted by atomic mass is 16.3. The van der Waals surface area contributed by atoms with Gasteiger partial charge in [-0.3, -0.25) is 0 Å². The maximum Gasteiger partial charge on any atom is 0.290 e. The van der Waals surface area contributed by atoms with Gasteiger partial charge in [-0.1, -0.05) is 24.3 Å². The Balaban J connectivity index is 2.47. The SMILES string of the molecule is Cc1ccccc1C(O)c1n(C)cc[n+]1C. The summed E-state index contributed by atoms with van der Waals surface area (Å²) in [7, 11) is 3.88. The van der Waals surface area contributed by atoms with Crippen molar-refractivity contribution in [3.8, 4) is 0 Å². The zero-order valence-electron chi connectivity index (χ0n) is 9.88. The fraction of sp³-hybridized carbons (Fsp3) is 0.308. The van der Waals surface area contributed by atoms with Gasteiger partial charge in [0.25, 0.3) is 5.82 Å². The van der Waals surface area contributed by atoms with E-state index in [0.717, 1.165) is 17.0 Å². The van der Waals surface area contributed by atoms with Crippen molar-refractivity contribution in [2.24, 2.45) is 14.1 Å². The van der Waals surface area contributed by atoms with Crippen LogP contribution in [0.5, 0.6) is 0 Å². The lowest BCUT2D eigenvalue weighted by molar-refractivity contribution is -0.682. The lowest BCUT2D eigenvalue weighted by Crippen LogP contribution is -2.34. The van der Waals surface area contributed by atoms with E-state index < -0.39 is 6.10 Å². The van der Waals surface area contributed by atoms with E-state index in [0.29, 0.717) is 0 Å². The van der Waals surface area contributed by atoms with Crippen LogP contribution in [0, 0.1) is 6.92 Å². The van der Waals surface area contributed by atoms with Crippen LogP contribution in [0.4, 0.5) is 0 Å². The van der Waals surface area contributed by atoms with E-state index >= 15 is 0 Å². The molecule has 3 heteroatoms. The first-order chi connectivity index (χ1) is 7.61. The molecule has 1 atom stereocenters. The monoisotopic (exact) mass is 217 g/mol. The van der Waals surface area contributed by atoms with Crippen molar-refractivity contribution < 1.29 is 9.67 Å². The molecule has 0 fully saturated rings.